The molecule has 0 saturated carbocycles. The molecule has 1 heterocycles. The average Bonchev–Trinajstić information content (AvgIpc) is 2.09. The standard InChI is InChI=1S/C8H8ClF2NO/c1-4-6(9)7(13-2)5(3-12-4)8(10)11/h3,8H,1-2H3. The predicted molar refractivity (Wildman–Crippen MR) is 45.5 cm³/mol. The molecule has 0 saturated heterocycles. The predicted octanol–water partition coefficient (Wildman–Crippen LogP) is 2.99. The molecule has 0 atom stereocenters. The summed E-state index contributed by atoms with van der Waals surface area (Å²) in [5.41, 5.74) is 0.195. The van der Waals surface area contributed by atoms with E-state index in [1.807, 2.05) is 0 Å². The van der Waals surface area contributed by atoms with E-state index in [1.165, 1.54) is 7.11 Å². The SMILES string of the molecule is COc1c(C(F)F)cnc(C)c1Cl. The Bertz CT molecular complexity index is 317. The number of nitrogens with zero attached hydrogens (tertiary/aromatic N) is 1. The van der Waals surface area contributed by atoms with Gasteiger partial charge in [-0.3, -0.25) is 4.98 Å². The summed E-state index contributed by atoms with van der Waals surface area (Å²) < 4.78 is 29.5. The molecule has 2 nitrogen and oxygen atoms in total. The number of aromatic nitrogens is 1. The van der Waals surface area contributed by atoms with Crippen LogP contribution in [0.4, 0.5) is 8.78 Å². The van der Waals surface area contributed by atoms with E-state index in [2.05, 4.69) is 4.98 Å². The van der Waals surface area contributed by atoms with Crippen LogP contribution in [0, 0.1) is 6.92 Å². The smallest absolute Gasteiger partial charge is 0.268 e. The highest BCUT2D eigenvalue weighted by Crippen LogP contribution is 2.35. The largest absolute Gasteiger partial charge is 0.495 e. The number of hydrogen-bond donors (Lipinski definition) is 0. The number of ether oxygens (including phenoxy) is 1. The Morgan fingerprint density at radius 1 is 1.54 bits per heavy atom. The second-order valence-electron chi connectivity index (χ2n) is 2.45. The lowest BCUT2D eigenvalue weighted by atomic mass is 10.2. The molecule has 0 aliphatic carbocycles. The highest BCUT2D eigenvalue weighted by molar-refractivity contribution is 6.32. The summed E-state index contributed by atoms with van der Waals surface area (Å²) in [4.78, 5) is 3.72. The van der Waals surface area contributed by atoms with Crippen LogP contribution in [0.5, 0.6) is 5.75 Å². The number of hydrogen-bond acceptors (Lipinski definition) is 2. The van der Waals surface area contributed by atoms with Crippen molar-refractivity contribution in [2.24, 2.45) is 0 Å². The molecule has 0 aliphatic rings. The third-order valence-corrected chi connectivity index (χ3v) is 2.06. The van der Waals surface area contributed by atoms with Gasteiger partial charge in [-0.2, -0.15) is 0 Å². The fourth-order valence-corrected chi connectivity index (χ4v) is 1.17. The molecule has 1 rings (SSSR count). The van der Waals surface area contributed by atoms with Gasteiger partial charge in [0.2, 0.25) is 0 Å². The Balaban J connectivity index is 3.30. The van der Waals surface area contributed by atoms with E-state index in [0.29, 0.717) is 5.69 Å². The maximum atomic E-state index is 12.3. The fraction of sp³-hybridized carbons (Fsp3) is 0.375. The number of aryl methyl sites for hydroxylation is 1. The van der Waals surface area contributed by atoms with Gasteiger partial charge < -0.3 is 4.74 Å². The van der Waals surface area contributed by atoms with Gasteiger partial charge in [0, 0.05) is 6.20 Å². The summed E-state index contributed by atoms with van der Waals surface area (Å²) in [7, 11) is 1.30. The first-order valence-corrected chi connectivity index (χ1v) is 3.92. The Morgan fingerprint density at radius 2 is 2.15 bits per heavy atom. The van der Waals surface area contributed by atoms with Crippen molar-refractivity contribution in [1.29, 1.82) is 0 Å². The summed E-state index contributed by atoms with van der Waals surface area (Å²) in [6.07, 6.45) is -1.55. The highest BCUT2D eigenvalue weighted by atomic mass is 35.5. The van der Waals surface area contributed by atoms with Gasteiger partial charge in [-0.1, -0.05) is 11.6 Å². The minimum atomic E-state index is -2.62. The second kappa shape index (κ2) is 3.87. The summed E-state index contributed by atoms with van der Waals surface area (Å²) in [6, 6.07) is 0. The summed E-state index contributed by atoms with van der Waals surface area (Å²) in [5.74, 6) is 0.00386. The van der Waals surface area contributed by atoms with Crippen molar-refractivity contribution in [1.82, 2.24) is 4.98 Å². The van der Waals surface area contributed by atoms with E-state index >= 15 is 0 Å². The lowest BCUT2D eigenvalue weighted by Gasteiger charge is -2.09. The number of alkyl halides is 2. The molecule has 0 aromatic carbocycles. The third-order valence-electron chi connectivity index (χ3n) is 1.62. The Kier molecular flexibility index (Phi) is 3.03. The zero-order valence-electron chi connectivity index (χ0n) is 7.14. The lowest BCUT2D eigenvalue weighted by Crippen LogP contribution is -1.97. The number of methoxy groups -OCH3 is 1. The highest BCUT2D eigenvalue weighted by Gasteiger charge is 2.18. The van der Waals surface area contributed by atoms with Crippen LogP contribution in [-0.2, 0) is 0 Å². The van der Waals surface area contributed by atoms with Crippen molar-refractivity contribution in [2.45, 2.75) is 13.3 Å². The molecule has 0 fully saturated rings. The van der Waals surface area contributed by atoms with Crippen LogP contribution >= 0.6 is 11.6 Å². The van der Waals surface area contributed by atoms with Crippen molar-refractivity contribution >= 4 is 11.6 Å². The molecular formula is C8H8ClF2NO. The molecule has 5 heteroatoms. The molecule has 0 amide bonds. The molecule has 72 valence electrons. The van der Waals surface area contributed by atoms with Crippen LogP contribution in [0.25, 0.3) is 0 Å². The number of rotatable bonds is 2. The van der Waals surface area contributed by atoms with Gasteiger partial charge in [0.25, 0.3) is 6.43 Å². The zero-order valence-corrected chi connectivity index (χ0v) is 7.90. The third kappa shape index (κ3) is 1.88. The van der Waals surface area contributed by atoms with Crippen LogP contribution in [0.3, 0.4) is 0 Å². The van der Waals surface area contributed by atoms with Crippen molar-refractivity contribution < 1.29 is 13.5 Å². The fourth-order valence-electron chi connectivity index (χ4n) is 0.936. The Morgan fingerprint density at radius 3 is 2.62 bits per heavy atom. The van der Waals surface area contributed by atoms with Gasteiger partial charge in [0.1, 0.15) is 10.8 Å². The van der Waals surface area contributed by atoms with Gasteiger partial charge in [-0.05, 0) is 6.92 Å². The molecule has 0 N–H and O–H groups in total. The van der Waals surface area contributed by atoms with Gasteiger partial charge in [0.15, 0.2) is 0 Å². The molecule has 0 unspecified atom stereocenters. The van der Waals surface area contributed by atoms with Crippen LogP contribution in [0.2, 0.25) is 5.02 Å². The monoisotopic (exact) mass is 207 g/mol. The maximum Gasteiger partial charge on any atom is 0.268 e. The Labute approximate surface area is 79.5 Å². The quantitative estimate of drug-likeness (QED) is 0.744. The van der Waals surface area contributed by atoms with E-state index < -0.39 is 6.43 Å². The molecule has 13 heavy (non-hydrogen) atoms. The number of halogens is 3. The first kappa shape index (κ1) is 10.2. The van der Waals surface area contributed by atoms with E-state index in [1.54, 1.807) is 6.92 Å². The first-order chi connectivity index (χ1) is 6.07. The van der Waals surface area contributed by atoms with Crippen molar-refractivity contribution in [3.05, 3.63) is 22.5 Å². The normalized spacial score (nSPS) is 10.6. The second-order valence-corrected chi connectivity index (χ2v) is 2.82. The van der Waals surface area contributed by atoms with Gasteiger partial charge >= 0.3 is 0 Å². The van der Waals surface area contributed by atoms with E-state index in [0.717, 1.165) is 6.20 Å². The minimum absolute atomic E-state index is 0.00386. The lowest BCUT2D eigenvalue weighted by molar-refractivity contribution is 0.146. The van der Waals surface area contributed by atoms with Gasteiger partial charge in [0.05, 0.1) is 18.4 Å². The molecule has 0 aliphatic heterocycles. The van der Waals surface area contributed by atoms with Crippen LogP contribution < -0.4 is 4.74 Å². The van der Waals surface area contributed by atoms with E-state index in [9.17, 15) is 8.78 Å². The van der Waals surface area contributed by atoms with E-state index in [4.69, 9.17) is 16.3 Å². The van der Waals surface area contributed by atoms with E-state index in [-0.39, 0.29) is 16.3 Å². The molecule has 0 spiro atoms. The van der Waals surface area contributed by atoms with Crippen molar-refractivity contribution in [3.63, 3.8) is 0 Å². The van der Waals surface area contributed by atoms with Crippen LogP contribution in [-0.4, -0.2) is 12.1 Å². The first-order valence-electron chi connectivity index (χ1n) is 3.55. The number of pyridine rings is 1. The van der Waals surface area contributed by atoms with Gasteiger partial charge in [-0.15, -0.1) is 0 Å². The maximum absolute atomic E-state index is 12.3. The average molecular weight is 208 g/mol. The Hall–Kier alpha value is -0.900. The molecule has 0 bridgehead atoms. The zero-order chi connectivity index (χ0) is 10.0. The molecular weight excluding hydrogens is 200 g/mol. The van der Waals surface area contributed by atoms with Gasteiger partial charge in [-0.25, -0.2) is 8.78 Å². The van der Waals surface area contributed by atoms with Crippen molar-refractivity contribution in [2.75, 3.05) is 7.11 Å². The molecule has 1 aromatic heterocycles. The summed E-state index contributed by atoms with van der Waals surface area (Å²) in [5, 5.41) is 0.139. The molecule has 0 radical (unpaired) electrons. The van der Waals surface area contributed by atoms with Crippen molar-refractivity contribution in [3.8, 4) is 5.75 Å². The topological polar surface area (TPSA) is 22.1 Å². The minimum Gasteiger partial charge on any atom is -0.495 e. The van der Waals surface area contributed by atoms with Crippen LogP contribution in [0.15, 0.2) is 6.20 Å². The molecule has 1 aromatic rings. The summed E-state index contributed by atoms with van der Waals surface area (Å²) >= 11 is 5.72. The summed E-state index contributed by atoms with van der Waals surface area (Å²) in [6.45, 7) is 1.63. The van der Waals surface area contributed by atoms with Crippen LogP contribution in [0.1, 0.15) is 17.7 Å².